The number of nitrogens with one attached hydrogen (secondary N) is 1. The molecule has 0 atom stereocenters. The second kappa shape index (κ2) is 8.53. The van der Waals surface area contributed by atoms with Crippen molar-refractivity contribution in [2.45, 2.75) is 19.8 Å². The first-order chi connectivity index (χ1) is 15.3. The van der Waals surface area contributed by atoms with E-state index in [0.29, 0.717) is 34.0 Å². The molecule has 2 heterocycles. The number of rotatable bonds is 4. The third-order valence-corrected chi connectivity index (χ3v) is 6.33. The van der Waals surface area contributed by atoms with Crippen LogP contribution in [0, 0.1) is 5.92 Å². The molecule has 1 amide bonds. The minimum atomic E-state index is -0.605. The van der Waals surface area contributed by atoms with Crippen LogP contribution in [0.2, 0.25) is 0 Å². The predicted molar refractivity (Wildman–Crippen MR) is 126 cm³/mol. The van der Waals surface area contributed by atoms with Crippen molar-refractivity contribution < 1.29 is 9.53 Å². The molecule has 2 aromatic carbocycles. The highest BCUT2D eigenvalue weighted by Gasteiger charge is 2.22. The maximum atomic E-state index is 13.0. The summed E-state index contributed by atoms with van der Waals surface area (Å²) in [7, 11) is 4.75. The number of piperidine rings is 1. The summed E-state index contributed by atoms with van der Waals surface area (Å²) >= 11 is 0. The highest BCUT2D eigenvalue weighted by Crippen LogP contribution is 2.33. The van der Waals surface area contributed by atoms with E-state index in [4.69, 9.17) is 4.74 Å². The number of aryl methyl sites for hydroxylation is 2. The molecule has 0 spiro atoms. The van der Waals surface area contributed by atoms with Crippen LogP contribution in [0.5, 0.6) is 5.75 Å². The number of amides is 1. The summed E-state index contributed by atoms with van der Waals surface area (Å²) in [5.74, 6) is 1.06. The van der Waals surface area contributed by atoms with Crippen molar-refractivity contribution >= 4 is 28.3 Å². The van der Waals surface area contributed by atoms with Gasteiger partial charge in [0.05, 0.1) is 29.5 Å². The first-order valence-corrected chi connectivity index (χ1v) is 10.7. The Morgan fingerprint density at radius 2 is 1.53 bits per heavy atom. The zero-order chi connectivity index (χ0) is 23.0. The van der Waals surface area contributed by atoms with Gasteiger partial charge in [0.25, 0.3) is 5.91 Å². The average molecular weight is 437 g/mol. The summed E-state index contributed by atoms with van der Waals surface area (Å²) in [5.41, 5.74) is 2.00. The quantitative estimate of drug-likeness (QED) is 0.636. The van der Waals surface area contributed by atoms with E-state index in [0.717, 1.165) is 31.6 Å². The van der Waals surface area contributed by atoms with E-state index in [2.05, 4.69) is 17.1 Å². The van der Waals surface area contributed by atoms with Crippen LogP contribution in [0.15, 0.2) is 46.0 Å². The smallest absolute Gasteiger partial charge is 0.316 e. The number of ether oxygens (including phenoxy) is 1. The summed E-state index contributed by atoms with van der Waals surface area (Å²) in [4.78, 5) is 40.0. The van der Waals surface area contributed by atoms with Gasteiger partial charge in [-0.3, -0.25) is 14.4 Å². The monoisotopic (exact) mass is 436 g/mol. The third kappa shape index (κ3) is 3.88. The molecule has 1 aliphatic rings. The van der Waals surface area contributed by atoms with Gasteiger partial charge in [0.15, 0.2) is 0 Å². The Kier molecular flexibility index (Phi) is 5.78. The molecule has 4 rings (SSSR count). The molecule has 168 valence electrons. The van der Waals surface area contributed by atoms with Crippen LogP contribution in [0.4, 0.5) is 11.4 Å². The largest absolute Gasteiger partial charge is 0.497 e. The molecule has 0 aliphatic carbocycles. The lowest BCUT2D eigenvalue weighted by Crippen LogP contribution is -2.39. The van der Waals surface area contributed by atoms with Crippen LogP contribution < -0.4 is 26.1 Å². The molecule has 0 radical (unpaired) electrons. The molecular weight excluding hydrogens is 408 g/mol. The van der Waals surface area contributed by atoms with Gasteiger partial charge in [-0.05, 0) is 55.2 Å². The second-order valence-corrected chi connectivity index (χ2v) is 8.44. The maximum Gasteiger partial charge on any atom is 0.316 e. The topological polar surface area (TPSA) is 85.6 Å². The number of nitrogens with zero attached hydrogens (tertiary/aromatic N) is 3. The van der Waals surface area contributed by atoms with Crippen LogP contribution in [0.25, 0.3) is 11.0 Å². The fourth-order valence-electron chi connectivity index (χ4n) is 4.16. The van der Waals surface area contributed by atoms with Crippen molar-refractivity contribution in [2.75, 3.05) is 30.4 Å². The molecule has 8 nitrogen and oxygen atoms in total. The fraction of sp³-hybridized carbons (Fsp3) is 0.375. The molecule has 1 N–H and O–H groups in total. The summed E-state index contributed by atoms with van der Waals surface area (Å²) in [6.07, 6.45) is 2.10. The number of benzene rings is 2. The second-order valence-electron chi connectivity index (χ2n) is 8.44. The lowest BCUT2D eigenvalue weighted by atomic mass is 9.98. The van der Waals surface area contributed by atoms with E-state index >= 15 is 0 Å². The third-order valence-electron chi connectivity index (χ3n) is 6.33. The lowest BCUT2D eigenvalue weighted by molar-refractivity contribution is 0.102. The van der Waals surface area contributed by atoms with Gasteiger partial charge in [0.2, 0.25) is 0 Å². The molecular formula is C24H28N4O4. The summed E-state index contributed by atoms with van der Waals surface area (Å²) in [6.45, 7) is 3.96. The van der Waals surface area contributed by atoms with E-state index in [1.54, 1.807) is 51.5 Å². The average Bonchev–Trinajstić information content (AvgIpc) is 2.81. The van der Waals surface area contributed by atoms with Gasteiger partial charge in [0.1, 0.15) is 5.75 Å². The number of aromatic nitrogens is 2. The minimum Gasteiger partial charge on any atom is -0.497 e. The van der Waals surface area contributed by atoms with Crippen molar-refractivity contribution in [3.05, 3.63) is 62.7 Å². The normalized spacial score (nSPS) is 14.6. The van der Waals surface area contributed by atoms with E-state index < -0.39 is 11.1 Å². The Bertz CT molecular complexity index is 1280. The molecule has 1 aliphatic heterocycles. The molecule has 0 unspecified atom stereocenters. The number of anilines is 2. The number of hydrogen-bond acceptors (Lipinski definition) is 5. The van der Waals surface area contributed by atoms with Crippen LogP contribution >= 0.6 is 0 Å². The van der Waals surface area contributed by atoms with E-state index in [1.165, 1.54) is 9.13 Å². The van der Waals surface area contributed by atoms with Crippen molar-refractivity contribution in [3.8, 4) is 5.75 Å². The van der Waals surface area contributed by atoms with Crippen molar-refractivity contribution in [1.29, 1.82) is 0 Å². The fourth-order valence-corrected chi connectivity index (χ4v) is 4.16. The van der Waals surface area contributed by atoms with Crippen LogP contribution in [-0.4, -0.2) is 35.2 Å². The Balaban J connectivity index is 1.82. The Hall–Kier alpha value is -3.55. The molecule has 1 fully saturated rings. The number of hydrogen-bond donors (Lipinski definition) is 1. The van der Waals surface area contributed by atoms with Crippen LogP contribution in [0.1, 0.15) is 30.1 Å². The number of methoxy groups -OCH3 is 1. The van der Waals surface area contributed by atoms with Gasteiger partial charge in [0, 0.05) is 32.7 Å². The first-order valence-electron chi connectivity index (χ1n) is 10.7. The maximum absolute atomic E-state index is 13.0. The highest BCUT2D eigenvalue weighted by molar-refractivity contribution is 6.07. The zero-order valence-corrected chi connectivity index (χ0v) is 18.8. The van der Waals surface area contributed by atoms with Crippen molar-refractivity contribution in [1.82, 2.24) is 9.13 Å². The highest BCUT2D eigenvalue weighted by atomic mass is 16.5. The van der Waals surface area contributed by atoms with Gasteiger partial charge >= 0.3 is 11.1 Å². The SMILES string of the molecule is COc1ccc(C(=O)Nc2cc3c(cc2N2CCC(C)CC2)n(C)c(=O)c(=O)n3C)cc1. The molecule has 8 heteroatoms. The number of carbonyl (C=O) groups is 1. The molecule has 32 heavy (non-hydrogen) atoms. The van der Waals surface area contributed by atoms with Gasteiger partial charge in [-0.15, -0.1) is 0 Å². The molecule has 1 saturated heterocycles. The van der Waals surface area contributed by atoms with Crippen molar-refractivity contribution in [3.63, 3.8) is 0 Å². The van der Waals surface area contributed by atoms with Gasteiger partial charge in [-0.1, -0.05) is 6.92 Å². The summed E-state index contributed by atoms with van der Waals surface area (Å²) < 4.78 is 7.88. The Morgan fingerprint density at radius 3 is 2.09 bits per heavy atom. The Labute approximate surface area is 186 Å². The minimum absolute atomic E-state index is 0.256. The summed E-state index contributed by atoms with van der Waals surface area (Å²) in [5, 5.41) is 3.02. The van der Waals surface area contributed by atoms with Crippen LogP contribution in [-0.2, 0) is 14.1 Å². The zero-order valence-electron chi connectivity index (χ0n) is 18.8. The Morgan fingerprint density at radius 1 is 0.969 bits per heavy atom. The lowest BCUT2D eigenvalue weighted by Gasteiger charge is -2.34. The van der Waals surface area contributed by atoms with Crippen LogP contribution in [0.3, 0.4) is 0 Å². The molecule has 3 aromatic rings. The van der Waals surface area contributed by atoms with Gasteiger partial charge in [-0.25, -0.2) is 0 Å². The summed E-state index contributed by atoms with van der Waals surface area (Å²) in [6, 6.07) is 10.6. The molecule has 0 bridgehead atoms. The van der Waals surface area contributed by atoms with E-state index in [9.17, 15) is 14.4 Å². The molecule has 0 saturated carbocycles. The first kappa shape index (κ1) is 21.7. The molecule has 1 aromatic heterocycles. The van der Waals surface area contributed by atoms with Gasteiger partial charge < -0.3 is 24.1 Å². The number of carbonyl (C=O) groups excluding carboxylic acids is 1. The van der Waals surface area contributed by atoms with E-state index in [-0.39, 0.29) is 5.91 Å². The number of fused-ring (bicyclic) bond motifs is 1. The van der Waals surface area contributed by atoms with E-state index in [1.807, 2.05) is 6.07 Å². The predicted octanol–water partition coefficient (Wildman–Crippen LogP) is 2.73. The van der Waals surface area contributed by atoms with Crippen molar-refractivity contribution in [2.24, 2.45) is 20.0 Å². The van der Waals surface area contributed by atoms with Gasteiger partial charge in [-0.2, -0.15) is 0 Å². The standard InChI is InChI=1S/C24H28N4O4/c1-15-9-11-28(12-10-15)19-14-21-20(26(2)23(30)24(31)27(21)3)13-18(19)25-22(29)16-5-7-17(32-4)8-6-16/h5-8,13-15H,9-12H2,1-4H3,(H,25,29).